The lowest BCUT2D eigenvalue weighted by Gasteiger charge is -2.39. The summed E-state index contributed by atoms with van der Waals surface area (Å²) in [6.45, 7) is 0.666. The monoisotopic (exact) mass is 328 g/mol. The van der Waals surface area contributed by atoms with Gasteiger partial charge >= 0.3 is 6.18 Å². The maximum atomic E-state index is 12.9. The minimum Gasteiger partial charge on any atom is -0.470 e. The van der Waals surface area contributed by atoms with Crippen LogP contribution < -0.4 is 4.74 Å². The minimum absolute atomic E-state index is 0.0776. The third-order valence-corrected chi connectivity index (χ3v) is 4.49. The molecule has 1 saturated carbocycles. The Morgan fingerprint density at radius 1 is 1.30 bits per heavy atom. The van der Waals surface area contributed by atoms with Gasteiger partial charge in [0.1, 0.15) is 11.7 Å². The molecule has 2 fully saturated rings. The number of rotatable bonds is 4. The Bertz CT molecular complexity index is 565. The van der Waals surface area contributed by atoms with E-state index in [2.05, 4.69) is 4.98 Å². The first-order chi connectivity index (χ1) is 10.9. The maximum absolute atomic E-state index is 12.9. The molecule has 1 aliphatic heterocycles. The van der Waals surface area contributed by atoms with Gasteiger partial charge in [0.25, 0.3) is 0 Å². The quantitative estimate of drug-likeness (QED) is 0.852. The zero-order chi connectivity index (χ0) is 16.4. The van der Waals surface area contributed by atoms with Crippen LogP contribution in [0.3, 0.4) is 0 Å². The summed E-state index contributed by atoms with van der Waals surface area (Å²) in [5.41, 5.74) is -0.879. The zero-order valence-electron chi connectivity index (χ0n) is 12.7. The molecule has 1 aliphatic carbocycles. The second-order valence-electron chi connectivity index (χ2n) is 6.25. The lowest BCUT2D eigenvalue weighted by atomic mass is 10.0. The summed E-state index contributed by atoms with van der Waals surface area (Å²) >= 11 is 0. The van der Waals surface area contributed by atoms with Crippen LogP contribution in [0.2, 0.25) is 0 Å². The van der Waals surface area contributed by atoms with E-state index in [0.29, 0.717) is 25.4 Å². The number of halogens is 3. The van der Waals surface area contributed by atoms with Gasteiger partial charge in [-0.2, -0.15) is 13.2 Å². The highest BCUT2D eigenvalue weighted by atomic mass is 19.4. The number of carbonyl (C=O) groups is 1. The molecule has 1 aromatic heterocycles. The van der Waals surface area contributed by atoms with E-state index >= 15 is 0 Å². The predicted octanol–water partition coefficient (Wildman–Crippen LogP) is 3.27. The van der Waals surface area contributed by atoms with Crippen molar-refractivity contribution in [2.24, 2.45) is 5.92 Å². The van der Waals surface area contributed by atoms with E-state index < -0.39 is 23.7 Å². The number of ether oxygens (including phenoxy) is 1. The summed E-state index contributed by atoms with van der Waals surface area (Å²) in [6.07, 6.45) is 1.47. The van der Waals surface area contributed by atoms with Crippen molar-refractivity contribution < 1.29 is 22.7 Å². The van der Waals surface area contributed by atoms with Crippen molar-refractivity contribution in [1.29, 1.82) is 0 Å². The molecule has 23 heavy (non-hydrogen) atoms. The molecule has 2 aliphatic rings. The van der Waals surface area contributed by atoms with E-state index in [0.717, 1.165) is 18.9 Å². The average Bonchev–Trinajstić information content (AvgIpc) is 2.94. The lowest BCUT2D eigenvalue weighted by molar-refractivity contribution is -0.145. The smallest absolute Gasteiger partial charge is 0.421 e. The van der Waals surface area contributed by atoms with E-state index in [1.54, 1.807) is 4.90 Å². The molecule has 4 nitrogen and oxygen atoms in total. The van der Waals surface area contributed by atoms with Gasteiger partial charge in [-0.3, -0.25) is 4.79 Å². The molecule has 7 heteroatoms. The normalized spacial score (nSPS) is 19.7. The number of nitrogens with zero attached hydrogens (tertiary/aromatic N) is 2. The third kappa shape index (κ3) is 3.76. The van der Waals surface area contributed by atoms with E-state index in [1.165, 1.54) is 25.1 Å². The fourth-order valence-corrected chi connectivity index (χ4v) is 3.17. The molecule has 0 aromatic carbocycles. The van der Waals surface area contributed by atoms with Crippen LogP contribution in [0.5, 0.6) is 5.88 Å². The summed E-state index contributed by atoms with van der Waals surface area (Å²) in [7, 11) is 0. The van der Waals surface area contributed by atoms with Crippen LogP contribution in [-0.4, -0.2) is 35.0 Å². The van der Waals surface area contributed by atoms with Gasteiger partial charge < -0.3 is 9.64 Å². The number of carbonyl (C=O) groups excluding carboxylic acids is 1. The van der Waals surface area contributed by atoms with Crippen LogP contribution in [-0.2, 0) is 11.0 Å². The third-order valence-electron chi connectivity index (χ3n) is 4.49. The maximum Gasteiger partial charge on any atom is 0.421 e. The van der Waals surface area contributed by atoms with Crippen LogP contribution in [0.25, 0.3) is 0 Å². The van der Waals surface area contributed by atoms with Crippen LogP contribution in [0, 0.1) is 5.92 Å². The van der Waals surface area contributed by atoms with Gasteiger partial charge in [-0.1, -0.05) is 12.8 Å². The summed E-state index contributed by atoms with van der Waals surface area (Å²) < 4.78 is 43.9. The van der Waals surface area contributed by atoms with Gasteiger partial charge in [-0.05, 0) is 30.9 Å². The Labute approximate surface area is 132 Å². The summed E-state index contributed by atoms with van der Waals surface area (Å²) in [5.74, 6) is 0.136. The molecular weight excluding hydrogens is 309 g/mol. The van der Waals surface area contributed by atoms with E-state index in [1.807, 2.05) is 0 Å². The predicted molar refractivity (Wildman–Crippen MR) is 76.8 cm³/mol. The molecule has 0 unspecified atom stereocenters. The Balaban J connectivity index is 1.51. The largest absolute Gasteiger partial charge is 0.470 e. The first kappa shape index (κ1) is 16.1. The van der Waals surface area contributed by atoms with E-state index in [9.17, 15) is 18.0 Å². The van der Waals surface area contributed by atoms with Crippen molar-refractivity contribution in [3.63, 3.8) is 0 Å². The molecule has 0 N–H and O–H groups in total. The van der Waals surface area contributed by atoms with E-state index in [4.69, 9.17) is 4.74 Å². The SMILES string of the molecule is O=C(CC1CCCC1)N1CC(Oc2ncccc2C(F)(F)F)C1. The van der Waals surface area contributed by atoms with Crippen LogP contribution >= 0.6 is 0 Å². The zero-order valence-corrected chi connectivity index (χ0v) is 12.7. The lowest BCUT2D eigenvalue weighted by Crippen LogP contribution is -2.56. The van der Waals surface area contributed by atoms with Crippen molar-refractivity contribution >= 4 is 5.91 Å². The molecule has 126 valence electrons. The van der Waals surface area contributed by atoms with Crippen LogP contribution in [0.15, 0.2) is 18.3 Å². The van der Waals surface area contributed by atoms with Crippen LogP contribution in [0.1, 0.15) is 37.7 Å². The van der Waals surface area contributed by atoms with E-state index in [-0.39, 0.29) is 5.91 Å². The molecule has 2 heterocycles. The topological polar surface area (TPSA) is 42.4 Å². The molecule has 1 saturated heterocycles. The number of hydrogen-bond acceptors (Lipinski definition) is 3. The summed E-state index contributed by atoms with van der Waals surface area (Å²) in [4.78, 5) is 17.4. The summed E-state index contributed by atoms with van der Waals surface area (Å²) in [5, 5.41) is 0. The number of likely N-dealkylation sites (tertiary alicyclic amines) is 1. The summed E-state index contributed by atoms with van der Waals surface area (Å²) in [6, 6.07) is 2.18. The standard InChI is InChI=1S/C16H19F3N2O2/c17-16(18,19)13-6-3-7-20-15(13)23-12-9-21(10-12)14(22)8-11-4-1-2-5-11/h3,6-7,11-12H,1-2,4-5,8-10H2. The Morgan fingerprint density at radius 3 is 2.65 bits per heavy atom. The number of pyridine rings is 1. The van der Waals surface area contributed by atoms with Crippen molar-refractivity contribution in [2.45, 2.75) is 44.4 Å². The number of aromatic nitrogens is 1. The molecule has 0 spiro atoms. The first-order valence-electron chi connectivity index (χ1n) is 7.90. The Morgan fingerprint density at radius 2 is 2.00 bits per heavy atom. The second-order valence-corrected chi connectivity index (χ2v) is 6.25. The molecule has 3 rings (SSSR count). The van der Waals surface area contributed by atoms with Crippen molar-refractivity contribution in [3.05, 3.63) is 23.9 Å². The van der Waals surface area contributed by atoms with Gasteiger partial charge in [0, 0.05) is 12.6 Å². The highest BCUT2D eigenvalue weighted by Crippen LogP contribution is 2.35. The van der Waals surface area contributed by atoms with Gasteiger partial charge in [-0.15, -0.1) is 0 Å². The van der Waals surface area contributed by atoms with Gasteiger partial charge in [-0.25, -0.2) is 4.98 Å². The molecular formula is C16H19F3N2O2. The number of amides is 1. The molecule has 0 bridgehead atoms. The molecule has 0 radical (unpaired) electrons. The molecule has 0 atom stereocenters. The van der Waals surface area contributed by atoms with Crippen LogP contribution in [0.4, 0.5) is 13.2 Å². The van der Waals surface area contributed by atoms with Gasteiger partial charge in [0.15, 0.2) is 0 Å². The molecule has 1 amide bonds. The fourth-order valence-electron chi connectivity index (χ4n) is 3.17. The fraction of sp³-hybridized carbons (Fsp3) is 0.625. The highest BCUT2D eigenvalue weighted by molar-refractivity contribution is 5.77. The van der Waals surface area contributed by atoms with Crippen molar-refractivity contribution in [1.82, 2.24) is 9.88 Å². The van der Waals surface area contributed by atoms with Crippen molar-refractivity contribution in [2.75, 3.05) is 13.1 Å². The number of alkyl halides is 3. The molecule has 1 aromatic rings. The minimum atomic E-state index is -4.49. The Kier molecular flexibility index (Phi) is 4.46. The second kappa shape index (κ2) is 6.37. The average molecular weight is 328 g/mol. The highest BCUT2D eigenvalue weighted by Gasteiger charge is 2.38. The first-order valence-corrected chi connectivity index (χ1v) is 7.90. The number of hydrogen-bond donors (Lipinski definition) is 0. The Hall–Kier alpha value is -1.79. The van der Waals surface area contributed by atoms with Gasteiger partial charge in [0.05, 0.1) is 13.1 Å². The van der Waals surface area contributed by atoms with Crippen molar-refractivity contribution in [3.8, 4) is 5.88 Å². The van der Waals surface area contributed by atoms with Gasteiger partial charge in [0.2, 0.25) is 11.8 Å².